The summed E-state index contributed by atoms with van der Waals surface area (Å²) in [5.74, 6) is -0.249. The Hall–Kier alpha value is -2.02. The van der Waals surface area contributed by atoms with Crippen LogP contribution in [0.15, 0.2) is 18.6 Å². The summed E-state index contributed by atoms with van der Waals surface area (Å²) in [4.78, 5) is 36.2. The van der Waals surface area contributed by atoms with Gasteiger partial charge < -0.3 is 10.2 Å². The molecular weight excluding hydrogens is 270 g/mol. The lowest BCUT2D eigenvalue weighted by atomic mass is 10.1. The molecule has 1 aromatic rings. The highest BCUT2D eigenvalue weighted by molar-refractivity contribution is 5.93. The van der Waals surface area contributed by atoms with Gasteiger partial charge in [0.05, 0.1) is 6.20 Å². The van der Waals surface area contributed by atoms with Crippen molar-refractivity contribution in [3.63, 3.8) is 0 Å². The molecule has 2 amide bonds. The van der Waals surface area contributed by atoms with Crippen molar-refractivity contribution in [3.8, 4) is 0 Å². The zero-order valence-corrected chi connectivity index (χ0v) is 12.6. The summed E-state index contributed by atoms with van der Waals surface area (Å²) >= 11 is 0. The van der Waals surface area contributed by atoms with Gasteiger partial charge >= 0.3 is 0 Å². The summed E-state index contributed by atoms with van der Waals surface area (Å²) in [7, 11) is 1.62. The highest BCUT2D eigenvalue weighted by Gasteiger charge is 2.35. The van der Waals surface area contributed by atoms with Gasteiger partial charge in [-0.3, -0.25) is 19.5 Å². The molecule has 1 N–H and O–H groups in total. The molecule has 21 heavy (non-hydrogen) atoms. The number of carbonyl (C=O) groups is 2. The lowest BCUT2D eigenvalue weighted by Crippen LogP contribution is -2.61. The van der Waals surface area contributed by atoms with E-state index in [-0.39, 0.29) is 23.9 Å². The van der Waals surface area contributed by atoms with E-state index < -0.39 is 0 Å². The third-order valence-electron chi connectivity index (χ3n) is 3.70. The molecule has 1 aliphatic rings. The number of carbonyl (C=O) groups excluding carboxylic acids is 2. The monoisotopic (exact) mass is 291 g/mol. The third-order valence-corrected chi connectivity index (χ3v) is 3.70. The van der Waals surface area contributed by atoms with Crippen LogP contribution in [0.1, 0.15) is 24.3 Å². The van der Waals surface area contributed by atoms with Crippen LogP contribution in [0.2, 0.25) is 0 Å². The van der Waals surface area contributed by atoms with Gasteiger partial charge in [0.15, 0.2) is 0 Å². The largest absolute Gasteiger partial charge is 0.358 e. The Balaban J connectivity index is 2.14. The van der Waals surface area contributed by atoms with E-state index in [0.717, 1.165) is 0 Å². The number of rotatable bonds is 3. The van der Waals surface area contributed by atoms with Crippen LogP contribution in [0.5, 0.6) is 0 Å². The summed E-state index contributed by atoms with van der Waals surface area (Å²) in [5, 5.41) is 2.67. The standard InChI is InChI=1S/C14H21N5O2/c1-10(2)19-7-6-18(9-12(19)13(20)15-3)14(21)11-8-16-4-5-17-11/h4-5,8,10,12H,6-7,9H2,1-3H3,(H,15,20)/t12-/m1/s1. The molecule has 0 bridgehead atoms. The number of hydrogen-bond acceptors (Lipinski definition) is 5. The summed E-state index contributed by atoms with van der Waals surface area (Å²) in [6.07, 6.45) is 4.47. The summed E-state index contributed by atoms with van der Waals surface area (Å²) < 4.78 is 0. The number of hydrogen-bond donors (Lipinski definition) is 1. The molecule has 0 unspecified atom stereocenters. The fourth-order valence-corrected chi connectivity index (χ4v) is 2.57. The molecule has 7 nitrogen and oxygen atoms in total. The molecule has 1 atom stereocenters. The van der Waals surface area contributed by atoms with E-state index in [1.165, 1.54) is 18.6 Å². The van der Waals surface area contributed by atoms with Gasteiger partial charge in [-0.1, -0.05) is 0 Å². The van der Waals surface area contributed by atoms with E-state index in [1.54, 1.807) is 11.9 Å². The molecule has 0 spiro atoms. The lowest BCUT2D eigenvalue weighted by Gasteiger charge is -2.42. The molecule has 0 saturated carbocycles. The van der Waals surface area contributed by atoms with Crippen molar-refractivity contribution < 1.29 is 9.59 Å². The molecule has 2 heterocycles. The Bertz CT molecular complexity index is 505. The highest BCUT2D eigenvalue weighted by atomic mass is 16.2. The number of nitrogens with zero attached hydrogens (tertiary/aromatic N) is 4. The first-order valence-corrected chi connectivity index (χ1v) is 7.07. The van der Waals surface area contributed by atoms with Gasteiger partial charge in [0.2, 0.25) is 5.91 Å². The van der Waals surface area contributed by atoms with E-state index in [9.17, 15) is 9.59 Å². The molecule has 114 valence electrons. The van der Waals surface area contributed by atoms with Crippen LogP contribution in [-0.2, 0) is 4.79 Å². The van der Waals surface area contributed by atoms with Gasteiger partial charge in [-0.2, -0.15) is 0 Å². The van der Waals surface area contributed by atoms with E-state index >= 15 is 0 Å². The SMILES string of the molecule is CNC(=O)[C@H]1CN(C(=O)c2cnccn2)CCN1C(C)C. The molecule has 1 fully saturated rings. The first-order valence-electron chi connectivity index (χ1n) is 7.07. The van der Waals surface area contributed by atoms with Crippen molar-refractivity contribution in [2.45, 2.75) is 25.9 Å². The molecule has 7 heteroatoms. The molecular formula is C14H21N5O2. The summed E-state index contributed by atoms with van der Waals surface area (Å²) in [6.45, 7) is 5.72. The Morgan fingerprint density at radius 2 is 2.10 bits per heavy atom. The van der Waals surface area contributed by atoms with Gasteiger partial charge in [0.1, 0.15) is 11.7 Å². The maximum atomic E-state index is 12.4. The Morgan fingerprint density at radius 3 is 2.67 bits per heavy atom. The van der Waals surface area contributed by atoms with Crippen molar-refractivity contribution in [1.82, 2.24) is 25.1 Å². The molecule has 0 aliphatic carbocycles. The first-order chi connectivity index (χ1) is 10.0. The molecule has 1 saturated heterocycles. The van der Waals surface area contributed by atoms with Crippen LogP contribution in [0.25, 0.3) is 0 Å². The van der Waals surface area contributed by atoms with Crippen LogP contribution >= 0.6 is 0 Å². The van der Waals surface area contributed by atoms with E-state index in [4.69, 9.17) is 0 Å². The normalized spacial score (nSPS) is 19.6. The van der Waals surface area contributed by atoms with Gasteiger partial charge in [-0.25, -0.2) is 4.98 Å². The third kappa shape index (κ3) is 3.36. The van der Waals surface area contributed by atoms with Crippen molar-refractivity contribution in [1.29, 1.82) is 0 Å². The van der Waals surface area contributed by atoms with Gasteiger partial charge in [0, 0.05) is 45.1 Å². The van der Waals surface area contributed by atoms with Crippen LogP contribution in [-0.4, -0.2) is 70.3 Å². The molecule has 2 rings (SSSR count). The fourth-order valence-electron chi connectivity index (χ4n) is 2.57. The van der Waals surface area contributed by atoms with Crippen LogP contribution < -0.4 is 5.32 Å². The second kappa shape index (κ2) is 6.62. The minimum absolute atomic E-state index is 0.0691. The van der Waals surface area contributed by atoms with Gasteiger partial charge in [-0.05, 0) is 13.8 Å². The molecule has 0 radical (unpaired) electrons. The smallest absolute Gasteiger partial charge is 0.274 e. The topological polar surface area (TPSA) is 78.4 Å². The molecule has 0 aromatic carbocycles. The summed E-state index contributed by atoms with van der Waals surface area (Å²) in [6, 6.07) is -0.0783. The maximum absolute atomic E-state index is 12.4. The highest BCUT2D eigenvalue weighted by Crippen LogP contribution is 2.15. The molecule has 1 aromatic heterocycles. The zero-order valence-electron chi connectivity index (χ0n) is 12.6. The second-order valence-corrected chi connectivity index (χ2v) is 5.30. The fraction of sp³-hybridized carbons (Fsp3) is 0.571. The lowest BCUT2D eigenvalue weighted by molar-refractivity contribution is -0.128. The van der Waals surface area contributed by atoms with Gasteiger partial charge in [0.25, 0.3) is 5.91 Å². The van der Waals surface area contributed by atoms with E-state index in [0.29, 0.717) is 25.3 Å². The van der Waals surface area contributed by atoms with Crippen LogP contribution in [0.4, 0.5) is 0 Å². The Morgan fingerprint density at radius 1 is 1.33 bits per heavy atom. The van der Waals surface area contributed by atoms with E-state index in [1.807, 2.05) is 0 Å². The number of amides is 2. The van der Waals surface area contributed by atoms with E-state index in [2.05, 4.69) is 34.0 Å². The van der Waals surface area contributed by atoms with Crippen molar-refractivity contribution in [2.24, 2.45) is 0 Å². The van der Waals surface area contributed by atoms with Crippen molar-refractivity contribution in [3.05, 3.63) is 24.3 Å². The van der Waals surface area contributed by atoms with Crippen LogP contribution in [0, 0.1) is 0 Å². The van der Waals surface area contributed by atoms with Crippen LogP contribution in [0.3, 0.4) is 0 Å². The molecule has 1 aliphatic heterocycles. The zero-order chi connectivity index (χ0) is 15.4. The average molecular weight is 291 g/mol. The Kier molecular flexibility index (Phi) is 4.85. The predicted octanol–water partition coefficient (Wildman–Crippen LogP) is -0.243. The minimum atomic E-state index is -0.329. The van der Waals surface area contributed by atoms with Gasteiger partial charge in [-0.15, -0.1) is 0 Å². The number of aromatic nitrogens is 2. The summed E-state index contributed by atoms with van der Waals surface area (Å²) in [5.41, 5.74) is 0.311. The predicted molar refractivity (Wildman–Crippen MR) is 77.6 cm³/mol. The quantitative estimate of drug-likeness (QED) is 0.831. The first kappa shape index (κ1) is 15.4. The minimum Gasteiger partial charge on any atom is -0.358 e. The average Bonchev–Trinajstić information content (AvgIpc) is 2.53. The Labute approximate surface area is 124 Å². The second-order valence-electron chi connectivity index (χ2n) is 5.30. The maximum Gasteiger partial charge on any atom is 0.274 e. The van der Waals surface area contributed by atoms with Crippen molar-refractivity contribution >= 4 is 11.8 Å². The number of likely N-dealkylation sites (N-methyl/N-ethyl adjacent to an activating group) is 1. The van der Waals surface area contributed by atoms with Crippen molar-refractivity contribution in [2.75, 3.05) is 26.7 Å². The number of nitrogens with one attached hydrogen (secondary N) is 1. The number of piperazine rings is 1.